The van der Waals surface area contributed by atoms with Crippen molar-refractivity contribution in [1.82, 2.24) is 14.7 Å². The van der Waals surface area contributed by atoms with Gasteiger partial charge in [-0.3, -0.25) is 4.79 Å². The van der Waals surface area contributed by atoms with E-state index in [1.807, 2.05) is 0 Å². The Kier molecular flexibility index (Phi) is 5.29. The highest BCUT2D eigenvalue weighted by Gasteiger charge is 2.18. The normalized spacial score (nSPS) is 13.2. The van der Waals surface area contributed by atoms with E-state index in [4.69, 9.17) is 0 Å². The van der Waals surface area contributed by atoms with Gasteiger partial charge in [0.1, 0.15) is 5.82 Å². The molecule has 1 aromatic heterocycles. The Morgan fingerprint density at radius 1 is 1.61 bits per heavy atom. The van der Waals surface area contributed by atoms with Gasteiger partial charge in [0.15, 0.2) is 0 Å². The van der Waals surface area contributed by atoms with Crippen LogP contribution in [0.25, 0.3) is 0 Å². The van der Waals surface area contributed by atoms with Crippen LogP contribution in [0.1, 0.15) is 32.1 Å². The Morgan fingerprint density at radius 3 is 2.89 bits per heavy atom. The predicted octanol–water partition coefficient (Wildman–Crippen LogP) is 0.343. The molecule has 8 heteroatoms. The minimum atomic E-state index is -3.53. The van der Waals surface area contributed by atoms with Gasteiger partial charge in [0, 0.05) is 12.4 Å². The number of aromatic nitrogens is 2. The first-order valence-electron chi connectivity index (χ1n) is 5.59. The molecule has 0 bridgehead atoms. The molecule has 0 aliphatic rings. The van der Waals surface area contributed by atoms with E-state index in [1.54, 1.807) is 26.2 Å². The average molecular weight is 275 g/mol. The van der Waals surface area contributed by atoms with Crippen LogP contribution in [-0.2, 0) is 19.6 Å². The van der Waals surface area contributed by atoms with Gasteiger partial charge in [0.25, 0.3) is 0 Å². The van der Waals surface area contributed by atoms with Gasteiger partial charge in [0.2, 0.25) is 10.0 Å². The molecule has 1 atom stereocenters. The maximum absolute atomic E-state index is 11.7. The Bertz CT molecular complexity index is 469. The zero-order valence-corrected chi connectivity index (χ0v) is 11.2. The Hall–Kier alpha value is -1.41. The standard InChI is InChI=1S/C10H17N3O4S/c1-3-17-9(14)4-7-18(15,16)13-8(2)10-11-5-6-12-10/h5-6,8,13H,3-4,7H2,1-2H3,(H,11,12). The number of esters is 1. The van der Waals surface area contributed by atoms with Crippen LogP contribution >= 0.6 is 0 Å². The molecule has 0 radical (unpaired) electrons. The van der Waals surface area contributed by atoms with E-state index in [2.05, 4.69) is 19.4 Å². The fraction of sp³-hybridized carbons (Fsp3) is 0.600. The van der Waals surface area contributed by atoms with Crippen LogP contribution in [0.3, 0.4) is 0 Å². The second-order valence-electron chi connectivity index (χ2n) is 3.69. The van der Waals surface area contributed by atoms with E-state index < -0.39 is 22.0 Å². The van der Waals surface area contributed by atoms with Crippen LogP contribution in [0.5, 0.6) is 0 Å². The summed E-state index contributed by atoms with van der Waals surface area (Å²) < 4.78 is 30.5. The Balaban J connectivity index is 2.47. The van der Waals surface area contributed by atoms with Crippen molar-refractivity contribution in [3.05, 3.63) is 18.2 Å². The number of ether oxygens (including phenoxy) is 1. The molecule has 0 saturated carbocycles. The summed E-state index contributed by atoms with van der Waals surface area (Å²) in [6.45, 7) is 3.58. The highest BCUT2D eigenvalue weighted by atomic mass is 32.2. The molecule has 7 nitrogen and oxygen atoms in total. The number of H-pyrrole nitrogens is 1. The van der Waals surface area contributed by atoms with Gasteiger partial charge >= 0.3 is 5.97 Å². The lowest BCUT2D eigenvalue weighted by atomic mass is 10.3. The SMILES string of the molecule is CCOC(=O)CCS(=O)(=O)NC(C)c1ncc[nH]1. The van der Waals surface area contributed by atoms with Crippen molar-refractivity contribution in [1.29, 1.82) is 0 Å². The van der Waals surface area contributed by atoms with E-state index in [-0.39, 0.29) is 18.8 Å². The quantitative estimate of drug-likeness (QED) is 0.699. The Labute approximate surface area is 106 Å². The minimum Gasteiger partial charge on any atom is -0.466 e. The van der Waals surface area contributed by atoms with E-state index in [0.29, 0.717) is 5.82 Å². The minimum absolute atomic E-state index is 0.159. The molecule has 0 aliphatic carbocycles. The number of nitrogens with one attached hydrogen (secondary N) is 2. The van der Waals surface area contributed by atoms with Gasteiger partial charge in [-0.05, 0) is 13.8 Å². The van der Waals surface area contributed by atoms with E-state index >= 15 is 0 Å². The van der Waals surface area contributed by atoms with Crippen LogP contribution in [0.4, 0.5) is 0 Å². The number of carbonyl (C=O) groups is 1. The molecule has 1 unspecified atom stereocenters. The molecule has 1 rings (SSSR count). The number of carbonyl (C=O) groups excluding carboxylic acids is 1. The molecule has 102 valence electrons. The summed E-state index contributed by atoms with van der Waals surface area (Å²) in [5.41, 5.74) is 0. The average Bonchev–Trinajstić information content (AvgIpc) is 2.80. The number of aromatic amines is 1. The van der Waals surface area contributed by atoms with Crippen molar-refractivity contribution in [2.75, 3.05) is 12.4 Å². The van der Waals surface area contributed by atoms with Crippen LogP contribution in [0.2, 0.25) is 0 Å². The molecule has 18 heavy (non-hydrogen) atoms. The molecule has 0 fully saturated rings. The molecule has 1 aromatic rings. The van der Waals surface area contributed by atoms with Crippen LogP contribution in [0.15, 0.2) is 12.4 Å². The van der Waals surface area contributed by atoms with Crippen molar-refractivity contribution >= 4 is 16.0 Å². The first-order valence-corrected chi connectivity index (χ1v) is 7.24. The smallest absolute Gasteiger partial charge is 0.306 e. The highest BCUT2D eigenvalue weighted by Crippen LogP contribution is 2.07. The number of hydrogen-bond donors (Lipinski definition) is 2. The molecule has 2 N–H and O–H groups in total. The third kappa shape index (κ3) is 4.84. The number of sulfonamides is 1. The van der Waals surface area contributed by atoms with E-state index in [1.165, 1.54) is 0 Å². The van der Waals surface area contributed by atoms with Gasteiger partial charge in [-0.1, -0.05) is 0 Å². The Morgan fingerprint density at radius 2 is 2.33 bits per heavy atom. The second kappa shape index (κ2) is 6.50. The fourth-order valence-corrected chi connectivity index (χ4v) is 2.55. The summed E-state index contributed by atoms with van der Waals surface area (Å²) >= 11 is 0. The predicted molar refractivity (Wildman–Crippen MR) is 65.2 cm³/mol. The molecule has 0 aromatic carbocycles. The summed E-state index contributed by atoms with van der Waals surface area (Å²) in [6, 6.07) is -0.466. The van der Waals surface area contributed by atoms with Crippen LogP contribution in [-0.4, -0.2) is 36.7 Å². The maximum atomic E-state index is 11.7. The summed E-state index contributed by atoms with van der Waals surface area (Å²) in [7, 11) is -3.53. The molecule has 0 saturated heterocycles. The number of nitrogens with zero attached hydrogens (tertiary/aromatic N) is 1. The van der Waals surface area contributed by atoms with Gasteiger partial charge in [-0.25, -0.2) is 18.1 Å². The molecular weight excluding hydrogens is 258 g/mol. The third-order valence-electron chi connectivity index (χ3n) is 2.17. The summed E-state index contributed by atoms with van der Waals surface area (Å²) in [5.74, 6) is -0.292. The van der Waals surface area contributed by atoms with Crippen molar-refractivity contribution < 1.29 is 17.9 Å². The number of rotatable bonds is 7. The summed E-state index contributed by atoms with van der Waals surface area (Å²) in [6.07, 6.45) is 2.99. The molecule has 0 aliphatic heterocycles. The maximum Gasteiger partial charge on any atom is 0.306 e. The summed E-state index contributed by atoms with van der Waals surface area (Å²) in [4.78, 5) is 17.8. The number of hydrogen-bond acceptors (Lipinski definition) is 5. The van der Waals surface area contributed by atoms with Gasteiger partial charge in [0.05, 0.1) is 24.8 Å². The van der Waals surface area contributed by atoms with E-state index in [9.17, 15) is 13.2 Å². The second-order valence-corrected chi connectivity index (χ2v) is 5.56. The topological polar surface area (TPSA) is 101 Å². The first-order chi connectivity index (χ1) is 8.44. The molecule has 0 amide bonds. The fourth-order valence-electron chi connectivity index (χ4n) is 1.35. The lowest BCUT2D eigenvalue weighted by molar-refractivity contribution is -0.142. The van der Waals surface area contributed by atoms with Gasteiger partial charge in [-0.15, -0.1) is 0 Å². The highest BCUT2D eigenvalue weighted by molar-refractivity contribution is 7.89. The lowest BCUT2D eigenvalue weighted by Crippen LogP contribution is -2.30. The first kappa shape index (κ1) is 14.7. The largest absolute Gasteiger partial charge is 0.466 e. The molecular formula is C10H17N3O4S. The summed E-state index contributed by atoms with van der Waals surface area (Å²) in [5, 5.41) is 0. The van der Waals surface area contributed by atoms with Crippen molar-refractivity contribution in [3.8, 4) is 0 Å². The van der Waals surface area contributed by atoms with Gasteiger partial charge < -0.3 is 9.72 Å². The monoisotopic (exact) mass is 275 g/mol. The van der Waals surface area contributed by atoms with Crippen molar-refractivity contribution in [2.45, 2.75) is 26.3 Å². The zero-order valence-electron chi connectivity index (χ0n) is 10.3. The van der Waals surface area contributed by atoms with Crippen molar-refractivity contribution in [3.63, 3.8) is 0 Å². The molecule has 1 heterocycles. The zero-order chi connectivity index (χ0) is 13.6. The van der Waals surface area contributed by atoms with Crippen LogP contribution in [0, 0.1) is 0 Å². The number of imidazole rings is 1. The lowest BCUT2D eigenvalue weighted by Gasteiger charge is -2.11. The van der Waals surface area contributed by atoms with Crippen LogP contribution < -0.4 is 4.72 Å². The van der Waals surface area contributed by atoms with E-state index in [0.717, 1.165) is 0 Å². The molecule has 0 spiro atoms. The van der Waals surface area contributed by atoms with Gasteiger partial charge in [-0.2, -0.15) is 0 Å². The van der Waals surface area contributed by atoms with Crippen molar-refractivity contribution in [2.24, 2.45) is 0 Å². The third-order valence-corrected chi connectivity index (χ3v) is 3.62.